The van der Waals surface area contributed by atoms with Crippen molar-refractivity contribution >= 4 is 17.8 Å². The SMILES string of the molecule is C[C@]12C[C@@H](c3cccc(C(F)(F)F)c3)N(C(=O)CCCNc3ncccn3)[C@H]1CCCCC(=O)N2. The van der Waals surface area contributed by atoms with E-state index in [2.05, 4.69) is 20.6 Å². The Kier molecular flexibility index (Phi) is 7.28. The standard InChI is InChI=1S/C25H30F3N5O2/c1-24-16-19(17-7-4-8-18(15-17)25(26,27)28)33(20(24)9-2-3-10-21(34)32-24)22(35)11-5-12-29-23-30-13-6-14-31-23/h4,6-8,13-15,19-20H,2-3,5,9-12,16H2,1H3,(H,32,34)(H,29,30,31)/t19-,20-,24-/m0/s1. The Labute approximate surface area is 202 Å². The number of carbonyl (C=O) groups is 2. The molecule has 0 saturated carbocycles. The second kappa shape index (κ2) is 10.2. The number of anilines is 1. The summed E-state index contributed by atoms with van der Waals surface area (Å²) in [7, 11) is 0. The van der Waals surface area contributed by atoms with E-state index in [4.69, 9.17) is 0 Å². The number of halogens is 3. The molecule has 2 saturated heterocycles. The van der Waals surface area contributed by atoms with Crippen molar-refractivity contribution in [2.24, 2.45) is 0 Å². The van der Waals surface area contributed by atoms with Gasteiger partial charge in [-0.2, -0.15) is 13.2 Å². The molecule has 0 bridgehead atoms. The molecule has 2 aromatic rings. The molecular weight excluding hydrogens is 459 g/mol. The molecule has 0 aliphatic carbocycles. The molecule has 1 aromatic carbocycles. The predicted molar refractivity (Wildman–Crippen MR) is 124 cm³/mol. The van der Waals surface area contributed by atoms with E-state index in [9.17, 15) is 22.8 Å². The van der Waals surface area contributed by atoms with Gasteiger partial charge >= 0.3 is 6.18 Å². The maximum Gasteiger partial charge on any atom is 0.416 e. The number of amides is 2. The largest absolute Gasteiger partial charge is 0.416 e. The number of fused-ring (bicyclic) bond motifs is 1. The summed E-state index contributed by atoms with van der Waals surface area (Å²) in [5.41, 5.74) is -1.01. The van der Waals surface area contributed by atoms with E-state index >= 15 is 0 Å². The van der Waals surface area contributed by atoms with Crippen LogP contribution in [0.5, 0.6) is 0 Å². The van der Waals surface area contributed by atoms with Crippen LogP contribution < -0.4 is 10.6 Å². The average Bonchev–Trinajstić information content (AvgIpc) is 3.09. The maximum absolute atomic E-state index is 13.5. The van der Waals surface area contributed by atoms with Crippen molar-refractivity contribution in [3.63, 3.8) is 0 Å². The van der Waals surface area contributed by atoms with Gasteiger partial charge in [0.05, 0.1) is 23.2 Å². The first kappa shape index (κ1) is 24.9. The predicted octanol–water partition coefficient (Wildman–Crippen LogP) is 4.48. The number of likely N-dealkylation sites (tertiary alicyclic amines) is 1. The molecule has 4 rings (SSSR count). The quantitative estimate of drug-likeness (QED) is 0.585. The zero-order chi connectivity index (χ0) is 25.1. The maximum atomic E-state index is 13.5. The molecule has 3 heterocycles. The van der Waals surface area contributed by atoms with Crippen LogP contribution in [-0.4, -0.2) is 44.8 Å². The Morgan fingerprint density at radius 3 is 2.74 bits per heavy atom. The zero-order valence-corrected chi connectivity index (χ0v) is 19.6. The van der Waals surface area contributed by atoms with Gasteiger partial charge in [0.15, 0.2) is 0 Å². The van der Waals surface area contributed by atoms with Gasteiger partial charge in [0, 0.05) is 31.8 Å². The lowest BCUT2D eigenvalue weighted by Crippen LogP contribution is -2.56. The summed E-state index contributed by atoms with van der Waals surface area (Å²) in [5.74, 6) is 0.256. The summed E-state index contributed by atoms with van der Waals surface area (Å²) in [6, 6.07) is 6.05. The number of hydrogen-bond acceptors (Lipinski definition) is 5. The summed E-state index contributed by atoms with van der Waals surface area (Å²) < 4.78 is 40.3. The molecule has 3 atom stereocenters. The Hall–Kier alpha value is -3.17. The monoisotopic (exact) mass is 489 g/mol. The molecule has 2 aliphatic rings. The normalized spacial score (nSPS) is 24.8. The number of alkyl halides is 3. The molecule has 10 heteroatoms. The molecule has 7 nitrogen and oxygen atoms in total. The van der Waals surface area contributed by atoms with E-state index in [0.29, 0.717) is 43.7 Å². The van der Waals surface area contributed by atoms with Crippen LogP contribution in [0.4, 0.5) is 19.1 Å². The summed E-state index contributed by atoms with van der Waals surface area (Å²) in [4.78, 5) is 35.9. The minimum absolute atomic E-state index is 0.0821. The molecule has 2 aliphatic heterocycles. The van der Waals surface area contributed by atoms with E-state index < -0.39 is 23.3 Å². The highest BCUT2D eigenvalue weighted by atomic mass is 19.4. The topological polar surface area (TPSA) is 87.2 Å². The number of benzene rings is 1. The van der Waals surface area contributed by atoms with Gasteiger partial charge in [-0.1, -0.05) is 18.6 Å². The number of aromatic nitrogens is 2. The molecule has 2 amide bonds. The Morgan fingerprint density at radius 2 is 2.00 bits per heavy atom. The Balaban J connectivity index is 1.57. The van der Waals surface area contributed by atoms with Crippen LogP contribution in [0, 0.1) is 0 Å². The van der Waals surface area contributed by atoms with Crippen LogP contribution >= 0.6 is 0 Å². The smallest absolute Gasteiger partial charge is 0.354 e. The molecule has 1 aromatic heterocycles. The fraction of sp³-hybridized carbons (Fsp3) is 0.520. The van der Waals surface area contributed by atoms with Gasteiger partial charge in [0.1, 0.15) is 0 Å². The average molecular weight is 490 g/mol. The third kappa shape index (κ3) is 5.74. The van der Waals surface area contributed by atoms with Gasteiger partial charge < -0.3 is 15.5 Å². The highest BCUT2D eigenvalue weighted by Crippen LogP contribution is 2.46. The van der Waals surface area contributed by atoms with Crippen LogP contribution in [0.1, 0.15) is 69.0 Å². The van der Waals surface area contributed by atoms with Crippen molar-refractivity contribution in [3.8, 4) is 0 Å². The van der Waals surface area contributed by atoms with Gasteiger partial charge in [0.25, 0.3) is 0 Å². The van der Waals surface area contributed by atoms with Gasteiger partial charge in [-0.3, -0.25) is 9.59 Å². The van der Waals surface area contributed by atoms with Gasteiger partial charge in [0.2, 0.25) is 17.8 Å². The summed E-state index contributed by atoms with van der Waals surface area (Å²) in [6.45, 7) is 2.39. The molecule has 2 fully saturated rings. The fourth-order valence-corrected chi connectivity index (χ4v) is 5.26. The zero-order valence-electron chi connectivity index (χ0n) is 19.6. The third-order valence-corrected chi connectivity index (χ3v) is 6.88. The number of carbonyl (C=O) groups excluding carboxylic acids is 2. The molecular formula is C25H30F3N5O2. The molecule has 0 spiro atoms. The number of nitrogens with one attached hydrogen (secondary N) is 2. The van der Waals surface area contributed by atoms with Crippen molar-refractivity contribution in [2.75, 3.05) is 11.9 Å². The van der Waals surface area contributed by atoms with Crippen LogP contribution in [-0.2, 0) is 15.8 Å². The molecule has 0 unspecified atom stereocenters. The summed E-state index contributed by atoms with van der Waals surface area (Å²) in [5, 5.41) is 6.16. The van der Waals surface area contributed by atoms with Crippen LogP contribution in [0.3, 0.4) is 0 Å². The first-order chi connectivity index (χ1) is 16.7. The van der Waals surface area contributed by atoms with Crippen molar-refractivity contribution in [3.05, 3.63) is 53.9 Å². The van der Waals surface area contributed by atoms with Crippen LogP contribution in [0.25, 0.3) is 0 Å². The molecule has 0 radical (unpaired) electrons. The highest BCUT2D eigenvalue weighted by molar-refractivity contribution is 5.80. The summed E-state index contributed by atoms with van der Waals surface area (Å²) >= 11 is 0. The van der Waals surface area contributed by atoms with Gasteiger partial charge in [-0.15, -0.1) is 0 Å². The van der Waals surface area contributed by atoms with Crippen LogP contribution in [0.2, 0.25) is 0 Å². The van der Waals surface area contributed by atoms with Gasteiger partial charge in [-0.25, -0.2) is 9.97 Å². The lowest BCUT2D eigenvalue weighted by molar-refractivity contribution is -0.137. The molecule has 2 N–H and O–H groups in total. The van der Waals surface area contributed by atoms with Crippen molar-refractivity contribution in [2.45, 2.75) is 75.7 Å². The van der Waals surface area contributed by atoms with E-state index in [1.807, 2.05) is 6.92 Å². The van der Waals surface area contributed by atoms with E-state index in [1.165, 1.54) is 6.07 Å². The van der Waals surface area contributed by atoms with E-state index in [0.717, 1.165) is 25.0 Å². The number of rotatable bonds is 6. The lowest BCUT2D eigenvalue weighted by atomic mass is 9.85. The van der Waals surface area contributed by atoms with Crippen molar-refractivity contribution < 1.29 is 22.8 Å². The highest BCUT2D eigenvalue weighted by Gasteiger charge is 2.52. The Bertz CT molecular complexity index is 1050. The first-order valence-electron chi connectivity index (χ1n) is 12.0. The first-order valence-corrected chi connectivity index (χ1v) is 12.0. The van der Waals surface area contributed by atoms with Crippen molar-refractivity contribution in [1.29, 1.82) is 0 Å². The Morgan fingerprint density at radius 1 is 1.23 bits per heavy atom. The molecule has 35 heavy (non-hydrogen) atoms. The number of nitrogens with zero attached hydrogens (tertiary/aromatic N) is 3. The van der Waals surface area contributed by atoms with E-state index in [-0.39, 0.29) is 24.3 Å². The number of hydrogen-bond donors (Lipinski definition) is 2. The van der Waals surface area contributed by atoms with Crippen LogP contribution in [0.15, 0.2) is 42.7 Å². The minimum atomic E-state index is -4.48. The van der Waals surface area contributed by atoms with Gasteiger partial charge in [-0.05, 0) is 56.4 Å². The van der Waals surface area contributed by atoms with E-state index in [1.54, 1.807) is 29.4 Å². The summed E-state index contributed by atoms with van der Waals surface area (Å²) in [6.07, 6.45) is 2.46. The second-order valence-electron chi connectivity index (χ2n) is 9.47. The minimum Gasteiger partial charge on any atom is -0.354 e. The lowest BCUT2D eigenvalue weighted by Gasteiger charge is -2.38. The second-order valence-corrected chi connectivity index (χ2v) is 9.47. The molecule has 188 valence electrons. The van der Waals surface area contributed by atoms with Crippen molar-refractivity contribution in [1.82, 2.24) is 20.2 Å². The third-order valence-electron chi connectivity index (χ3n) is 6.88. The fourth-order valence-electron chi connectivity index (χ4n) is 5.26.